The SMILES string of the molecule is CC[C@H]1OC(O)[C@](Cl)(Br)[C@@H]1C. The molecule has 0 bridgehead atoms. The van der Waals surface area contributed by atoms with E-state index in [2.05, 4.69) is 15.9 Å². The minimum Gasteiger partial charge on any atom is -0.366 e. The van der Waals surface area contributed by atoms with Gasteiger partial charge in [0.15, 0.2) is 10.1 Å². The molecule has 1 aliphatic rings. The highest BCUT2D eigenvalue weighted by atomic mass is 79.9. The zero-order valence-electron chi connectivity index (χ0n) is 6.55. The van der Waals surface area contributed by atoms with Crippen LogP contribution in [0.5, 0.6) is 0 Å². The summed E-state index contributed by atoms with van der Waals surface area (Å²) >= 11 is 9.23. The summed E-state index contributed by atoms with van der Waals surface area (Å²) in [6, 6.07) is 0. The van der Waals surface area contributed by atoms with Crippen molar-refractivity contribution >= 4 is 27.5 Å². The van der Waals surface area contributed by atoms with Gasteiger partial charge in [0.2, 0.25) is 0 Å². The molecule has 2 nitrogen and oxygen atoms in total. The van der Waals surface area contributed by atoms with Crippen LogP contribution in [0.4, 0.5) is 0 Å². The molecule has 11 heavy (non-hydrogen) atoms. The first-order valence-electron chi connectivity index (χ1n) is 3.71. The minimum atomic E-state index is -0.899. The van der Waals surface area contributed by atoms with E-state index in [-0.39, 0.29) is 12.0 Å². The molecule has 1 aliphatic heterocycles. The Kier molecular flexibility index (Phi) is 2.85. The predicted molar refractivity (Wildman–Crippen MR) is 47.8 cm³/mol. The second-order valence-corrected chi connectivity index (χ2v) is 5.29. The average Bonchev–Trinajstić information content (AvgIpc) is 2.14. The summed E-state index contributed by atoms with van der Waals surface area (Å²) < 4.78 is 4.42. The van der Waals surface area contributed by atoms with Crippen molar-refractivity contribution in [2.45, 2.75) is 36.4 Å². The summed E-state index contributed by atoms with van der Waals surface area (Å²) in [7, 11) is 0. The van der Waals surface area contributed by atoms with Gasteiger partial charge in [0.25, 0.3) is 0 Å². The third-order valence-corrected chi connectivity index (χ3v) is 3.84. The number of hydrogen-bond acceptors (Lipinski definition) is 2. The van der Waals surface area contributed by atoms with E-state index >= 15 is 0 Å². The summed E-state index contributed by atoms with van der Waals surface area (Å²) in [6.07, 6.45) is 0.0316. The maximum Gasteiger partial charge on any atom is 0.184 e. The Morgan fingerprint density at radius 1 is 1.73 bits per heavy atom. The van der Waals surface area contributed by atoms with E-state index < -0.39 is 10.1 Å². The number of aliphatic hydroxyl groups excluding tert-OH is 1. The molecule has 0 aromatic carbocycles. The zero-order valence-corrected chi connectivity index (χ0v) is 8.89. The van der Waals surface area contributed by atoms with E-state index in [1.807, 2.05) is 13.8 Å². The maximum atomic E-state index is 9.33. The molecule has 1 rings (SSSR count). The van der Waals surface area contributed by atoms with Crippen LogP contribution in [-0.2, 0) is 4.74 Å². The minimum absolute atomic E-state index is 0.0573. The highest BCUT2D eigenvalue weighted by Gasteiger charge is 2.50. The fourth-order valence-corrected chi connectivity index (χ4v) is 1.89. The summed E-state index contributed by atoms with van der Waals surface area (Å²) in [4.78, 5) is 0. The fraction of sp³-hybridized carbons (Fsp3) is 1.00. The van der Waals surface area contributed by atoms with Crippen molar-refractivity contribution in [2.75, 3.05) is 0 Å². The highest BCUT2D eigenvalue weighted by molar-refractivity contribution is 9.10. The lowest BCUT2D eigenvalue weighted by atomic mass is 10.0. The normalized spacial score (nSPS) is 51.5. The number of ether oxygens (including phenoxy) is 1. The van der Waals surface area contributed by atoms with Crippen LogP contribution in [-0.4, -0.2) is 21.3 Å². The average molecular weight is 244 g/mol. The maximum absolute atomic E-state index is 9.33. The predicted octanol–water partition coefficient (Wildman–Crippen LogP) is 2.08. The first-order chi connectivity index (χ1) is 5.00. The van der Waals surface area contributed by atoms with Gasteiger partial charge < -0.3 is 9.84 Å². The van der Waals surface area contributed by atoms with Crippen LogP contribution in [0.3, 0.4) is 0 Å². The molecule has 0 aromatic rings. The van der Waals surface area contributed by atoms with Gasteiger partial charge >= 0.3 is 0 Å². The molecule has 0 aliphatic carbocycles. The lowest BCUT2D eigenvalue weighted by molar-refractivity contribution is -0.0933. The second-order valence-electron chi connectivity index (χ2n) is 2.90. The van der Waals surface area contributed by atoms with Gasteiger partial charge in [-0.15, -0.1) is 11.6 Å². The first kappa shape index (κ1) is 9.78. The Hall–Kier alpha value is 0.690. The standard InChI is InChI=1S/C7H12BrClO2/c1-3-5-4(2)7(8,9)6(10)11-5/h4-6,10H,3H2,1-2H3/t4-,5-,6?,7+/m1/s1. The molecular weight excluding hydrogens is 231 g/mol. The van der Waals surface area contributed by atoms with Crippen molar-refractivity contribution in [1.29, 1.82) is 0 Å². The number of alkyl halides is 2. The van der Waals surface area contributed by atoms with Gasteiger partial charge in [-0.05, 0) is 6.42 Å². The van der Waals surface area contributed by atoms with Gasteiger partial charge in [-0.3, -0.25) is 0 Å². The molecule has 66 valence electrons. The van der Waals surface area contributed by atoms with Crippen LogP contribution in [0.15, 0.2) is 0 Å². The lowest BCUT2D eigenvalue weighted by Gasteiger charge is -2.20. The molecule has 1 N–H and O–H groups in total. The molecule has 1 saturated heterocycles. The third kappa shape index (κ3) is 1.57. The van der Waals surface area contributed by atoms with Gasteiger partial charge in [-0.1, -0.05) is 29.8 Å². The van der Waals surface area contributed by atoms with Crippen molar-refractivity contribution in [3.63, 3.8) is 0 Å². The Bertz CT molecular complexity index is 151. The van der Waals surface area contributed by atoms with Crippen LogP contribution in [0.25, 0.3) is 0 Å². The van der Waals surface area contributed by atoms with Gasteiger partial charge in [-0.2, -0.15) is 0 Å². The van der Waals surface area contributed by atoms with Crippen LogP contribution in [0.2, 0.25) is 0 Å². The molecule has 0 radical (unpaired) electrons. The Morgan fingerprint density at radius 2 is 2.27 bits per heavy atom. The summed E-state index contributed by atoms with van der Waals surface area (Å²) in [5.41, 5.74) is 0. The lowest BCUT2D eigenvalue weighted by Crippen LogP contribution is -2.30. The molecule has 0 amide bonds. The Morgan fingerprint density at radius 3 is 2.45 bits per heavy atom. The van der Waals surface area contributed by atoms with Crippen LogP contribution < -0.4 is 0 Å². The highest BCUT2D eigenvalue weighted by Crippen LogP contribution is 2.45. The number of aliphatic hydroxyl groups is 1. The largest absolute Gasteiger partial charge is 0.366 e. The summed E-state index contributed by atoms with van der Waals surface area (Å²) in [5.74, 6) is 0.129. The van der Waals surface area contributed by atoms with Crippen molar-refractivity contribution in [2.24, 2.45) is 5.92 Å². The fourth-order valence-electron chi connectivity index (χ4n) is 1.30. The number of rotatable bonds is 1. The van der Waals surface area contributed by atoms with Crippen molar-refractivity contribution in [3.05, 3.63) is 0 Å². The van der Waals surface area contributed by atoms with Crippen molar-refractivity contribution < 1.29 is 9.84 Å². The van der Waals surface area contributed by atoms with E-state index in [0.29, 0.717) is 0 Å². The first-order valence-corrected chi connectivity index (χ1v) is 4.88. The molecule has 4 heteroatoms. The van der Waals surface area contributed by atoms with Gasteiger partial charge in [0, 0.05) is 5.92 Å². The molecule has 4 atom stereocenters. The summed E-state index contributed by atoms with van der Waals surface area (Å²) in [6.45, 7) is 3.98. The van der Waals surface area contributed by atoms with E-state index in [0.717, 1.165) is 6.42 Å². The number of hydrogen-bond donors (Lipinski definition) is 1. The molecule has 1 heterocycles. The van der Waals surface area contributed by atoms with Crippen molar-refractivity contribution in [1.82, 2.24) is 0 Å². The van der Waals surface area contributed by atoms with E-state index in [1.165, 1.54) is 0 Å². The molecule has 0 aromatic heterocycles. The quantitative estimate of drug-likeness (QED) is 0.715. The smallest absolute Gasteiger partial charge is 0.184 e. The van der Waals surface area contributed by atoms with E-state index in [4.69, 9.17) is 16.3 Å². The molecule has 1 fully saturated rings. The van der Waals surface area contributed by atoms with E-state index in [1.54, 1.807) is 0 Å². The topological polar surface area (TPSA) is 29.5 Å². The molecule has 0 saturated carbocycles. The van der Waals surface area contributed by atoms with Crippen LogP contribution in [0, 0.1) is 5.92 Å². The molecule has 1 unspecified atom stereocenters. The summed E-state index contributed by atoms with van der Waals surface area (Å²) in [5, 5.41) is 9.33. The van der Waals surface area contributed by atoms with Gasteiger partial charge in [-0.25, -0.2) is 0 Å². The van der Waals surface area contributed by atoms with Crippen LogP contribution >= 0.6 is 27.5 Å². The van der Waals surface area contributed by atoms with E-state index in [9.17, 15) is 5.11 Å². The van der Waals surface area contributed by atoms with Crippen LogP contribution in [0.1, 0.15) is 20.3 Å². The second kappa shape index (κ2) is 3.21. The molecule has 0 spiro atoms. The monoisotopic (exact) mass is 242 g/mol. The molecular formula is C7H12BrClO2. The van der Waals surface area contributed by atoms with Gasteiger partial charge in [0.1, 0.15) is 0 Å². The Balaban J connectivity index is 2.71. The van der Waals surface area contributed by atoms with Gasteiger partial charge in [0.05, 0.1) is 6.10 Å². The third-order valence-electron chi connectivity index (χ3n) is 2.20. The Labute approximate surface area is 80.0 Å². The zero-order chi connectivity index (χ0) is 8.65. The van der Waals surface area contributed by atoms with Crippen molar-refractivity contribution in [3.8, 4) is 0 Å². The number of halogens is 2.